The zero-order valence-corrected chi connectivity index (χ0v) is 25.5. The third-order valence-electron chi connectivity index (χ3n) is 8.97. The van der Waals surface area contributed by atoms with Gasteiger partial charge in [0.1, 0.15) is 23.2 Å². The van der Waals surface area contributed by atoms with Crippen molar-refractivity contribution in [2.75, 3.05) is 0 Å². The van der Waals surface area contributed by atoms with E-state index in [4.69, 9.17) is 14.4 Å². The number of fused-ring (bicyclic) bond motifs is 4. The Balaban J connectivity index is 1.20. The van der Waals surface area contributed by atoms with E-state index >= 15 is 0 Å². The van der Waals surface area contributed by atoms with E-state index < -0.39 is 0 Å². The van der Waals surface area contributed by atoms with E-state index in [0.29, 0.717) is 5.84 Å². The maximum atomic E-state index is 6.65. The molecule has 222 valence electrons. The second kappa shape index (κ2) is 11.3. The minimum atomic E-state index is -0.284. The maximum absolute atomic E-state index is 6.65. The molecular formula is C43H29N3O. The summed E-state index contributed by atoms with van der Waals surface area (Å²) in [5.74, 6) is 1.46. The normalized spacial score (nSPS) is 14.6. The Bertz CT molecular complexity index is 2470. The van der Waals surface area contributed by atoms with Crippen molar-refractivity contribution in [2.24, 2.45) is 9.98 Å². The summed E-state index contributed by atoms with van der Waals surface area (Å²) < 4.78 is 6.65. The van der Waals surface area contributed by atoms with Crippen molar-refractivity contribution in [3.63, 3.8) is 0 Å². The molecule has 1 aromatic heterocycles. The minimum absolute atomic E-state index is 0.284. The molecule has 1 atom stereocenters. The number of nitrogens with one attached hydrogen (secondary N) is 1. The summed E-state index contributed by atoms with van der Waals surface area (Å²) in [6.07, 6.45) is -0.284. The van der Waals surface area contributed by atoms with E-state index in [-0.39, 0.29) is 6.17 Å². The highest BCUT2D eigenvalue weighted by atomic mass is 16.3. The van der Waals surface area contributed by atoms with Crippen LogP contribution in [0.2, 0.25) is 0 Å². The number of para-hydroxylation sites is 1. The molecule has 0 aliphatic carbocycles. The Hall–Kier alpha value is -6.26. The number of furan rings is 1. The van der Waals surface area contributed by atoms with Crippen molar-refractivity contribution in [2.45, 2.75) is 6.17 Å². The molecule has 1 aliphatic heterocycles. The standard InChI is InChI=1S/C43H29N3O/c1-3-13-31(14-4-1)41-44-42(32-15-5-2-6-16-32)46-43(45-41)37-27-26-35(40-39(37)36-19-9-10-21-38(36)47-40)30-24-22-29(23-25-30)34-20-11-17-28-12-7-8-18-33(28)34/h1-27,41H,(H,44,45,46). The summed E-state index contributed by atoms with van der Waals surface area (Å²) in [6.45, 7) is 0. The predicted octanol–water partition coefficient (Wildman–Crippen LogP) is 10.6. The fourth-order valence-electron chi connectivity index (χ4n) is 6.67. The van der Waals surface area contributed by atoms with Crippen molar-refractivity contribution in [1.29, 1.82) is 0 Å². The molecule has 1 unspecified atom stereocenters. The fraction of sp³-hybridized carbons (Fsp3) is 0.0233. The highest BCUT2D eigenvalue weighted by Gasteiger charge is 2.24. The van der Waals surface area contributed by atoms with E-state index in [2.05, 4.69) is 121 Å². The van der Waals surface area contributed by atoms with E-state index in [0.717, 1.165) is 55.6 Å². The first-order chi connectivity index (χ1) is 23.3. The fourth-order valence-corrected chi connectivity index (χ4v) is 6.67. The van der Waals surface area contributed by atoms with Crippen LogP contribution >= 0.6 is 0 Å². The predicted molar refractivity (Wildman–Crippen MR) is 194 cm³/mol. The third-order valence-corrected chi connectivity index (χ3v) is 8.97. The molecule has 0 spiro atoms. The lowest BCUT2D eigenvalue weighted by Gasteiger charge is -2.24. The quantitative estimate of drug-likeness (QED) is 0.213. The van der Waals surface area contributed by atoms with Crippen LogP contribution in [-0.2, 0) is 0 Å². The van der Waals surface area contributed by atoms with Gasteiger partial charge in [-0.25, -0.2) is 9.98 Å². The maximum Gasteiger partial charge on any atom is 0.160 e. The van der Waals surface area contributed by atoms with E-state index in [1.807, 2.05) is 48.5 Å². The first-order valence-corrected chi connectivity index (χ1v) is 15.9. The van der Waals surface area contributed by atoms with Gasteiger partial charge < -0.3 is 9.73 Å². The number of hydrogen-bond donors (Lipinski definition) is 1. The molecule has 4 nitrogen and oxygen atoms in total. The van der Waals surface area contributed by atoms with Gasteiger partial charge in [-0.15, -0.1) is 0 Å². The molecule has 47 heavy (non-hydrogen) atoms. The average molecular weight is 604 g/mol. The number of benzene rings is 7. The van der Waals surface area contributed by atoms with Crippen LogP contribution in [0.4, 0.5) is 0 Å². The van der Waals surface area contributed by atoms with Crippen LogP contribution in [0.5, 0.6) is 0 Å². The monoisotopic (exact) mass is 603 g/mol. The number of nitrogens with zero attached hydrogens (tertiary/aromatic N) is 2. The van der Waals surface area contributed by atoms with Gasteiger partial charge in [-0.2, -0.15) is 0 Å². The summed E-state index contributed by atoms with van der Waals surface area (Å²) >= 11 is 0. The van der Waals surface area contributed by atoms with Gasteiger partial charge in [0.2, 0.25) is 0 Å². The topological polar surface area (TPSA) is 49.9 Å². The van der Waals surface area contributed by atoms with Crippen LogP contribution in [0.3, 0.4) is 0 Å². The smallest absolute Gasteiger partial charge is 0.160 e. The van der Waals surface area contributed by atoms with Crippen LogP contribution in [0.15, 0.2) is 178 Å². The number of rotatable bonds is 5. The largest absolute Gasteiger partial charge is 0.455 e. The molecule has 8 aromatic rings. The Morgan fingerprint density at radius 2 is 1.13 bits per heavy atom. The van der Waals surface area contributed by atoms with E-state index in [1.165, 1.54) is 21.9 Å². The van der Waals surface area contributed by atoms with Gasteiger partial charge >= 0.3 is 0 Å². The van der Waals surface area contributed by atoms with Crippen molar-refractivity contribution in [1.82, 2.24) is 5.32 Å². The summed E-state index contributed by atoms with van der Waals surface area (Å²) in [4.78, 5) is 10.3. The molecule has 0 amide bonds. The zero-order chi connectivity index (χ0) is 31.2. The Labute approximate surface area is 272 Å². The molecule has 9 rings (SSSR count). The number of aliphatic imine (C=N–C) groups is 2. The number of amidine groups is 2. The first-order valence-electron chi connectivity index (χ1n) is 15.9. The van der Waals surface area contributed by atoms with Gasteiger partial charge in [-0.05, 0) is 51.2 Å². The third kappa shape index (κ3) is 4.79. The van der Waals surface area contributed by atoms with Gasteiger partial charge in [0.25, 0.3) is 0 Å². The molecule has 1 N–H and O–H groups in total. The minimum Gasteiger partial charge on any atom is -0.455 e. The van der Waals surface area contributed by atoms with Gasteiger partial charge in [0.15, 0.2) is 5.84 Å². The molecule has 7 aromatic carbocycles. The molecule has 4 heteroatoms. The van der Waals surface area contributed by atoms with Gasteiger partial charge in [0.05, 0.1) is 0 Å². The van der Waals surface area contributed by atoms with Gasteiger partial charge in [-0.3, -0.25) is 0 Å². The molecule has 0 radical (unpaired) electrons. The molecule has 0 saturated carbocycles. The van der Waals surface area contributed by atoms with Crippen LogP contribution in [0, 0.1) is 0 Å². The van der Waals surface area contributed by atoms with Gasteiger partial charge in [-0.1, -0.05) is 146 Å². The summed E-state index contributed by atoms with van der Waals surface area (Å²) in [5, 5.41) is 8.11. The van der Waals surface area contributed by atoms with Crippen LogP contribution in [0.25, 0.3) is 55.0 Å². The summed E-state index contributed by atoms with van der Waals surface area (Å²) in [6, 6.07) is 56.9. The molecule has 2 heterocycles. The summed E-state index contributed by atoms with van der Waals surface area (Å²) in [5.41, 5.74) is 9.22. The van der Waals surface area contributed by atoms with Crippen LogP contribution in [-0.4, -0.2) is 11.7 Å². The Morgan fingerprint density at radius 3 is 1.94 bits per heavy atom. The molecule has 0 fully saturated rings. The molecule has 0 bridgehead atoms. The zero-order valence-electron chi connectivity index (χ0n) is 25.5. The van der Waals surface area contributed by atoms with Crippen molar-refractivity contribution in [3.8, 4) is 22.3 Å². The summed E-state index contributed by atoms with van der Waals surface area (Å²) in [7, 11) is 0. The lowest BCUT2D eigenvalue weighted by atomic mass is 9.94. The molecule has 1 aliphatic rings. The Kier molecular flexibility index (Phi) is 6.50. The average Bonchev–Trinajstić information content (AvgIpc) is 3.55. The highest BCUT2D eigenvalue weighted by molar-refractivity contribution is 6.23. The second-order valence-corrected chi connectivity index (χ2v) is 11.8. The van der Waals surface area contributed by atoms with Crippen molar-refractivity contribution >= 4 is 44.4 Å². The molecule has 0 saturated heterocycles. The van der Waals surface area contributed by atoms with Gasteiger partial charge in [0, 0.05) is 27.5 Å². The second-order valence-electron chi connectivity index (χ2n) is 11.8. The van der Waals surface area contributed by atoms with Crippen LogP contribution < -0.4 is 5.32 Å². The first kappa shape index (κ1) is 27.1. The highest BCUT2D eigenvalue weighted by Crippen LogP contribution is 2.40. The van der Waals surface area contributed by atoms with Crippen LogP contribution in [0.1, 0.15) is 22.9 Å². The lowest BCUT2D eigenvalue weighted by molar-refractivity contribution is 0.669. The van der Waals surface area contributed by atoms with E-state index in [9.17, 15) is 0 Å². The van der Waals surface area contributed by atoms with Crippen molar-refractivity contribution < 1.29 is 4.42 Å². The SMILES string of the molecule is c1ccc(C2=NC(c3ccc(-c4ccc(-c5cccc6ccccc56)cc4)c4oc5ccccc5c34)=NC(c3ccccc3)N2)cc1. The molecular weight excluding hydrogens is 574 g/mol. The lowest BCUT2D eigenvalue weighted by Crippen LogP contribution is -2.33. The Morgan fingerprint density at radius 1 is 0.489 bits per heavy atom. The van der Waals surface area contributed by atoms with Crippen molar-refractivity contribution in [3.05, 3.63) is 180 Å². The number of hydrogen-bond acceptors (Lipinski definition) is 4. The van der Waals surface area contributed by atoms with E-state index in [1.54, 1.807) is 0 Å².